The van der Waals surface area contributed by atoms with Gasteiger partial charge in [0.25, 0.3) is 0 Å². The Labute approximate surface area is 108 Å². The fraction of sp³-hybridized carbons (Fsp3) is 0.467. The molecular formula is C15H20O3. The summed E-state index contributed by atoms with van der Waals surface area (Å²) in [5, 5.41) is 8.52. The zero-order chi connectivity index (χ0) is 13.4. The van der Waals surface area contributed by atoms with Crippen LogP contribution in [0.4, 0.5) is 0 Å². The number of carbonyl (C=O) groups excluding carboxylic acids is 1. The summed E-state index contributed by atoms with van der Waals surface area (Å²) >= 11 is 0. The van der Waals surface area contributed by atoms with Gasteiger partial charge in [-0.05, 0) is 18.4 Å². The highest BCUT2D eigenvalue weighted by Crippen LogP contribution is 2.11. The van der Waals surface area contributed by atoms with E-state index < -0.39 is 5.97 Å². The average molecular weight is 248 g/mol. The number of carboxylic acids is 1. The van der Waals surface area contributed by atoms with Crippen molar-refractivity contribution < 1.29 is 14.7 Å². The number of aliphatic carboxylic acids is 1. The Morgan fingerprint density at radius 1 is 1.06 bits per heavy atom. The fourth-order valence-corrected chi connectivity index (χ4v) is 1.80. The van der Waals surface area contributed by atoms with Crippen molar-refractivity contribution in [3.8, 4) is 0 Å². The molecule has 0 fully saturated rings. The Bertz CT molecular complexity index is 393. The van der Waals surface area contributed by atoms with E-state index in [0.29, 0.717) is 5.56 Å². The quantitative estimate of drug-likeness (QED) is 0.566. The van der Waals surface area contributed by atoms with Crippen molar-refractivity contribution in [1.29, 1.82) is 0 Å². The topological polar surface area (TPSA) is 54.4 Å². The Kier molecular flexibility index (Phi) is 6.12. The minimum Gasteiger partial charge on any atom is -0.481 e. The summed E-state index contributed by atoms with van der Waals surface area (Å²) in [7, 11) is 0. The molecule has 1 rings (SSSR count). The molecule has 0 heterocycles. The number of benzene rings is 1. The summed E-state index contributed by atoms with van der Waals surface area (Å²) in [5.74, 6) is -1.03. The van der Waals surface area contributed by atoms with Gasteiger partial charge in [-0.3, -0.25) is 9.59 Å². The highest BCUT2D eigenvalue weighted by molar-refractivity contribution is 5.97. The normalized spacial score (nSPS) is 10.3. The second-order valence-corrected chi connectivity index (χ2v) is 4.47. The van der Waals surface area contributed by atoms with E-state index in [1.807, 2.05) is 12.1 Å². The highest BCUT2D eigenvalue weighted by atomic mass is 16.4. The van der Waals surface area contributed by atoms with Gasteiger partial charge in [-0.25, -0.2) is 0 Å². The largest absolute Gasteiger partial charge is 0.481 e. The van der Waals surface area contributed by atoms with Crippen molar-refractivity contribution in [2.24, 2.45) is 0 Å². The lowest BCUT2D eigenvalue weighted by Crippen LogP contribution is -2.03. The van der Waals surface area contributed by atoms with Gasteiger partial charge in [0, 0.05) is 12.0 Å². The Morgan fingerprint density at radius 3 is 2.28 bits per heavy atom. The molecule has 98 valence electrons. The molecule has 0 unspecified atom stereocenters. The summed E-state index contributed by atoms with van der Waals surface area (Å²) in [6.07, 6.45) is 4.60. The molecule has 0 spiro atoms. The predicted molar refractivity (Wildman–Crippen MR) is 70.9 cm³/mol. The first-order valence-electron chi connectivity index (χ1n) is 6.47. The number of rotatable bonds is 8. The monoisotopic (exact) mass is 248 g/mol. The SMILES string of the molecule is CCCCCc1ccc(C(=O)CCC(=O)O)cc1. The van der Waals surface area contributed by atoms with E-state index in [2.05, 4.69) is 6.92 Å². The van der Waals surface area contributed by atoms with Gasteiger partial charge in [0.2, 0.25) is 0 Å². The summed E-state index contributed by atoms with van der Waals surface area (Å²) in [4.78, 5) is 22.0. The van der Waals surface area contributed by atoms with Crippen molar-refractivity contribution in [1.82, 2.24) is 0 Å². The number of carbonyl (C=O) groups is 2. The molecule has 0 aliphatic carbocycles. The van der Waals surface area contributed by atoms with Gasteiger partial charge in [0.15, 0.2) is 5.78 Å². The van der Waals surface area contributed by atoms with Gasteiger partial charge in [-0.2, -0.15) is 0 Å². The van der Waals surface area contributed by atoms with Crippen molar-refractivity contribution >= 4 is 11.8 Å². The zero-order valence-electron chi connectivity index (χ0n) is 10.8. The van der Waals surface area contributed by atoms with Crippen LogP contribution in [0, 0.1) is 0 Å². The second-order valence-electron chi connectivity index (χ2n) is 4.47. The van der Waals surface area contributed by atoms with E-state index in [4.69, 9.17) is 5.11 Å². The van der Waals surface area contributed by atoms with Gasteiger partial charge in [0.05, 0.1) is 6.42 Å². The summed E-state index contributed by atoms with van der Waals surface area (Å²) in [5.41, 5.74) is 1.84. The molecule has 0 aliphatic heterocycles. The Morgan fingerprint density at radius 2 is 1.72 bits per heavy atom. The molecule has 0 saturated heterocycles. The average Bonchev–Trinajstić information content (AvgIpc) is 2.37. The van der Waals surface area contributed by atoms with E-state index in [1.54, 1.807) is 12.1 Å². The molecule has 1 aromatic rings. The lowest BCUT2D eigenvalue weighted by Gasteiger charge is -2.03. The molecule has 1 N–H and O–H groups in total. The van der Waals surface area contributed by atoms with Gasteiger partial charge >= 0.3 is 5.97 Å². The summed E-state index contributed by atoms with van der Waals surface area (Å²) in [6, 6.07) is 7.52. The number of unbranched alkanes of at least 4 members (excludes halogenated alkanes) is 2. The molecule has 18 heavy (non-hydrogen) atoms. The molecule has 0 radical (unpaired) electrons. The van der Waals surface area contributed by atoms with Crippen molar-refractivity contribution in [3.63, 3.8) is 0 Å². The molecule has 0 amide bonds. The van der Waals surface area contributed by atoms with Crippen LogP contribution in [0.5, 0.6) is 0 Å². The highest BCUT2D eigenvalue weighted by Gasteiger charge is 2.08. The third-order valence-corrected chi connectivity index (χ3v) is 2.91. The zero-order valence-corrected chi connectivity index (χ0v) is 10.8. The van der Waals surface area contributed by atoms with E-state index in [1.165, 1.54) is 24.8 Å². The van der Waals surface area contributed by atoms with Gasteiger partial charge in [-0.1, -0.05) is 44.0 Å². The first kappa shape index (κ1) is 14.4. The molecule has 3 nitrogen and oxygen atoms in total. The number of ketones is 1. The first-order valence-corrected chi connectivity index (χ1v) is 6.47. The molecule has 0 saturated carbocycles. The van der Waals surface area contributed by atoms with Crippen molar-refractivity contribution in [3.05, 3.63) is 35.4 Å². The van der Waals surface area contributed by atoms with Crippen LogP contribution in [0.3, 0.4) is 0 Å². The third kappa shape index (κ3) is 5.13. The predicted octanol–water partition coefficient (Wildman–Crippen LogP) is 3.47. The van der Waals surface area contributed by atoms with E-state index >= 15 is 0 Å². The van der Waals surface area contributed by atoms with Crippen molar-refractivity contribution in [2.45, 2.75) is 45.4 Å². The third-order valence-electron chi connectivity index (χ3n) is 2.91. The Hall–Kier alpha value is -1.64. The summed E-state index contributed by atoms with van der Waals surface area (Å²) in [6.45, 7) is 2.17. The van der Waals surface area contributed by atoms with Crippen molar-refractivity contribution in [2.75, 3.05) is 0 Å². The van der Waals surface area contributed by atoms with Gasteiger partial charge in [0.1, 0.15) is 0 Å². The molecule has 0 bridgehead atoms. The minimum absolute atomic E-state index is 0.0739. The second kappa shape index (κ2) is 7.64. The molecule has 0 aliphatic rings. The molecule has 0 aromatic heterocycles. The smallest absolute Gasteiger partial charge is 0.303 e. The van der Waals surface area contributed by atoms with Crippen LogP contribution < -0.4 is 0 Å². The maximum atomic E-state index is 11.7. The van der Waals surface area contributed by atoms with Crippen LogP contribution >= 0.6 is 0 Å². The van der Waals surface area contributed by atoms with E-state index in [-0.39, 0.29) is 18.6 Å². The van der Waals surface area contributed by atoms with Crippen LogP contribution in [-0.2, 0) is 11.2 Å². The number of hydrogen-bond donors (Lipinski definition) is 1. The van der Waals surface area contributed by atoms with E-state index in [0.717, 1.165) is 6.42 Å². The molecular weight excluding hydrogens is 228 g/mol. The molecule has 1 aromatic carbocycles. The van der Waals surface area contributed by atoms with Gasteiger partial charge in [-0.15, -0.1) is 0 Å². The lowest BCUT2D eigenvalue weighted by molar-refractivity contribution is -0.136. The van der Waals surface area contributed by atoms with Crippen LogP contribution in [0.15, 0.2) is 24.3 Å². The Balaban J connectivity index is 2.48. The lowest BCUT2D eigenvalue weighted by atomic mass is 10.0. The standard InChI is InChI=1S/C15H20O3/c1-2-3-4-5-12-6-8-13(9-7-12)14(16)10-11-15(17)18/h6-9H,2-5,10-11H2,1H3,(H,17,18). The summed E-state index contributed by atoms with van der Waals surface area (Å²) < 4.78 is 0. The number of Topliss-reactive ketones (excluding diaryl/α,β-unsaturated/α-hetero) is 1. The molecule has 0 atom stereocenters. The van der Waals surface area contributed by atoms with Crippen LogP contribution in [0.1, 0.15) is 54.9 Å². The van der Waals surface area contributed by atoms with Crippen LogP contribution in [0.2, 0.25) is 0 Å². The van der Waals surface area contributed by atoms with Crippen LogP contribution in [0.25, 0.3) is 0 Å². The van der Waals surface area contributed by atoms with E-state index in [9.17, 15) is 9.59 Å². The number of carboxylic acid groups (broad SMARTS) is 1. The fourth-order valence-electron chi connectivity index (χ4n) is 1.80. The minimum atomic E-state index is -0.931. The first-order chi connectivity index (χ1) is 8.63. The molecule has 3 heteroatoms. The number of aryl methyl sites for hydroxylation is 1. The maximum absolute atomic E-state index is 11.7. The van der Waals surface area contributed by atoms with Crippen LogP contribution in [-0.4, -0.2) is 16.9 Å². The number of hydrogen-bond acceptors (Lipinski definition) is 2. The van der Waals surface area contributed by atoms with Gasteiger partial charge < -0.3 is 5.11 Å². The maximum Gasteiger partial charge on any atom is 0.303 e.